The van der Waals surface area contributed by atoms with Gasteiger partial charge in [0.25, 0.3) is 11.8 Å². The van der Waals surface area contributed by atoms with E-state index in [0.29, 0.717) is 0 Å². The highest BCUT2D eigenvalue weighted by atomic mass is 35.5. The fourth-order valence-electron chi connectivity index (χ4n) is 2.34. The first kappa shape index (κ1) is 21.2. The predicted octanol–water partition coefficient (Wildman–Crippen LogP) is 3.05. The molecular formula is C20H22ClN3O4. The van der Waals surface area contributed by atoms with Gasteiger partial charge < -0.3 is 10.1 Å². The second kappa shape index (κ2) is 10.3. The van der Waals surface area contributed by atoms with Gasteiger partial charge in [0.05, 0.1) is 10.6 Å². The summed E-state index contributed by atoms with van der Waals surface area (Å²) in [6, 6.07) is 14.7. The van der Waals surface area contributed by atoms with Gasteiger partial charge in [-0.3, -0.25) is 20.4 Å². The molecule has 1 atom stereocenters. The maximum absolute atomic E-state index is 12.4. The number of nitrogens with one attached hydrogen (secondary N) is 3. The van der Waals surface area contributed by atoms with E-state index in [9.17, 15) is 14.4 Å². The molecule has 0 heterocycles. The van der Waals surface area contributed by atoms with Crippen molar-refractivity contribution in [2.75, 3.05) is 0 Å². The van der Waals surface area contributed by atoms with Crippen molar-refractivity contribution in [2.45, 2.75) is 26.5 Å². The smallest absolute Gasteiger partial charge is 0.408 e. The quantitative estimate of drug-likeness (QED) is 0.646. The number of hydrazine groups is 1. The molecule has 0 saturated heterocycles. The van der Waals surface area contributed by atoms with Crippen LogP contribution in [0, 0.1) is 5.92 Å². The Balaban J connectivity index is 1.88. The fourth-order valence-corrected chi connectivity index (χ4v) is 2.56. The second-order valence-electron chi connectivity index (χ2n) is 6.35. The Hall–Kier alpha value is -3.06. The fraction of sp³-hybridized carbons (Fsp3) is 0.250. The van der Waals surface area contributed by atoms with Crippen LogP contribution in [-0.4, -0.2) is 23.9 Å². The van der Waals surface area contributed by atoms with Crippen molar-refractivity contribution in [3.63, 3.8) is 0 Å². The standard InChI is InChI=1S/C20H22ClN3O4/c1-13(2)17(22-20(27)28-12-14-8-4-3-5-9-14)19(26)24-23-18(25)15-10-6-7-11-16(15)21/h3-11,13,17H,12H2,1-2H3,(H,22,27)(H,23,25)(H,24,26)/t17-/m0/s1. The predicted molar refractivity (Wildman–Crippen MR) is 105 cm³/mol. The normalized spacial score (nSPS) is 11.4. The molecule has 2 aromatic carbocycles. The highest BCUT2D eigenvalue weighted by Gasteiger charge is 2.25. The summed E-state index contributed by atoms with van der Waals surface area (Å²) in [5.41, 5.74) is 5.64. The van der Waals surface area contributed by atoms with Crippen molar-refractivity contribution in [3.8, 4) is 0 Å². The Morgan fingerprint density at radius 1 is 0.964 bits per heavy atom. The summed E-state index contributed by atoms with van der Waals surface area (Å²) in [5.74, 6) is -1.37. The molecule has 0 fully saturated rings. The van der Waals surface area contributed by atoms with Crippen molar-refractivity contribution in [3.05, 3.63) is 70.7 Å². The maximum Gasteiger partial charge on any atom is 0.408 e. The van der Waals surface area contributed by atoms with E-state index in [1.807, 2.05) is 30.3 Å². The van der Waals surface area contributed by atoms with Crippen molar-refractivity contribution < 1.29 is 19.1 Å². The lowest BCUT2D eigenvalue weighted by atomic mass is 10.0. The Morgan fingerprint density at radius 3 is 2.25 bits per heavy atom. The number of carbonyl (C=O) groups excluding carboxylic acids is 3. The highest BCUT2D eigenvalue weighted by Crippen LogP contribution is 2.14. The molecular weight excluding hydrogens is 382 g/mol. The molecule has 28 heavy (non-hydrogen) atoms. The molecule has 0 aliphatic carbocycles. The molecule has 0 bridgehead atoms. The van der Waals surface area contributed by atoms with E-state index in [-0.39, 0.29) is 23.1 Å². The van der Waals surface area contributed by atoms with E-state index < -0.39 is 23.9 Å². The first-order chi connectivity index (χ1) is 13.4. The van der Waals surface area contributed by atoms with E-state index in [0.717, 1.165) is 5.56 Å². The third kappa shape index (κ3) is 6.28. The van der Waals surface area contributed by atoms with Crippen molar-refractivity contribution in [1.29, 1.82) is 0 Å². The third-order valence-corrected chi connectivity index (χ3v) is 4.18. The lowest BCUT2D eigenvalue weighted by molar-refractivity contribution is -0.124. The number of alkyl carbamates (subject to hydrolysis) is 1. The van der Waals surface area contributed by atoms with Gasteiger partial charge in [-0.25, -0.2) is 4.79 Å². The van der Waals surface area contributed by atoms with Crippen LogP contribution in [0.5, 0.6) is 0 Å². The van der Waals surface area contributed by atoms with Crippen LogP contribution in [-0.2, 0) is 16.1 Å². The zero-order valence-electron chi connectivity index (χ0n) is 15.6. The Morgan fingerprint density at radius 2 is 1.61 bits per heavy atom. The van der Waals surface area contributed by atoms with Crippen LogP contribution in [0.2, 0.25) is 5.02 Å². The van der Waals surface area contributed by atoms with Crippen LogP contribution in [0.3, 0.4) is 0 Å². The summed E-state index contributed by atoms with van der Waals surface area (Å²) in [6.45, 7) is 3.61. The van der Waals surface area contributed by atoms with Crippen LogP contribution in [0.4, 0.5) is 4.79 Å². The average Bonchev–Trinajstić information content (AvgIpc) is 2.69. The summed E-state index contributed by atoms with van der Waals surface area (Å²) in [5, 5.41) is 2.77. The molecule has 148 valence electrons. The second-order valence-corrected chi connectivity index (χ2v) is 6.76. The summed E-state index contributed by atoms with van der Waals surface area (Å²) < 4.78 is 5.13. The molecule has 0 aliphatic rings. The van der Waals surface area contributed by atoms with E-state index in [1.54, 1.807) is 32.0 Å². The molecule has 3 amide bonds. The van der Waals surface area contributed by atoms with Gasteiger partial charge in [0.1, 0.15) is 12.6 Å². The van der Waals surface area contributed by atoms with Crippen LogP contribution in [0.15, 0.2) is 54.6 Å². The molecule has 0 spiro atoms. The van der Waals surface area contributed by atoms with E-state index in [4.69, 9.17) is 16.3 Å². The lowest BCUT2D eigenvalue weighted by Gasteiger charge is -2.21. The minimum absolute atomic E-state index is 0.0857. The van der Waals surface area contributed by atoms with Crippen LogP contribution in [0.1, 0.15) is 29.8 Å². The molecule has 0 unspecified atom stereocenters. The topological polar surface area (TPSA) is 96.5 Å². The maximum atomic E-state index is 12.4. The van der Waals surface area contributed by atoms with Gasteiger partial charge in [0.15, 0.2) is 0 Å². The summed E-state index contributed by atoms with van der Waals surface area (Å²) in [4.78, 5) is 36.5. The van der Waals surface area contributed by atoms with Gasteiger partial charge in [0.2, 0.25) is 0 Å². The number of rotatable bonds is 6. The van der Waals surface area contributed by atoms with Crippen molar-refractivity contribution in [1.82, 2.24) is 16.2 Å². The Kier molecular flexibility index (Phi) is 7.83. The van der Waals surface area contributed by atoms with E-state index in [2.05, 4.69) is 16.2 Å². The van der Waals surface area contributed by atoms with E-state index in [1.165, 1.54) is 6.07 Å². The zero-order valence-corrected chi connectivity index (χ0v) is 16.3. The molecule has 0 radical (unpaired) electrons. The Labute approximate surface area is 168 Å². The summed E-state index contributed by atoms with van der Waals surface area (Å²) in [7, 11) is 0. The number of hydrogen-bond acceptors (Lipinski definition) is 4. The Bertz CT molecular complexity index is 827. The van der Waals surface area contributed by atoms with Crippen LogP contribution in [0.25, 0.3) is 0 Å². The minimum Gasteiger partial charge on any atom is -0.445 e. The molecule has 2 rings (SSSR count). The zero-order chi connectivity index (χ0) is 20.5. The van der Waals surface area contributed by atoms with Gasteiger partial charge in [-0.05, 0) is 23.6 Å². The molecule has 0 saturated carbocycles. The monoisotopic (exact) mass is 403 g/mol. The van der Waals surface area contributed by atoms with Gasteiger partial charge >= 0.3 is 6.09 Å². The average molecular weight is 404 g/mol. The number of ether oxygens (including phenoxy) is 1. The molecule has 0 aromatic heterocycles. The largest absolute Gasteiger partial charge is 0.445 e. The lowest BCUT2D eigenvalue weighted by Crippen LogP contribution is -2.54. The molecule has 0 aliphatic heterocycles. The molecule has 8 heteroatoms. The highest BCUT2D eigenvalue weighted by molar-refractivity contribution is 6.33. The van der Waals surface area contributed by atoms with Gasteiger partial charge in [0, 0.05) is 0 Å². The minimum atomic E-state index is -0.894. The van der Waals surface area contributed by atoms with Crippen molar-refractivity contribution in [2.24, 2.45) is 5.92 Å². The number of hydrogen-bond donors (Lipinski definition) is 3. The molecule has 7 nitrogen and oxygen atoms in total. The SMILES string of the molecule is CC(C)[C@H](NC(=O)OCc1ccccc1)C(=O)NNC(=O)c1ccccc1Cl. The van der Waals surface area contributed by atoms with Crippen LogP contribution >= 0.6 is 11.6 Å². The third-order valence-electron chi connectivity index (χ3n) is 3.85. The summed E-state index contributed by atoms with van der Waals surface area (Å²) >= 11 is 5.95. The van der Waals surface area contributed by atoms with Gasteiger partial charge in [-0.1, -0.05) is 67.9 Å². The number of carbonyl (C=O) groups is 3. The number of amides is 3. The number of benzene rings is 2. The van der Waals surface area contributed by atoms with Gasteiger partial charge in [-0.15, -0.1) is 0 Å². The summed E-state index contributed by atoms with van der Waals surface area (Å²) in [6.07, 6.45) is -0.727. The van der Waals surface area contributed by atoms with E-state index >= 15 is 0 Å². The number of halogens is 1. The first-order valence-electron chi connectivity index (χ1n) is 8.70. The van der Waals surface area contributed by atoms with Crippen LogP contribution < -0.4 is 16.2 Å². The van der Waals surface area contributed by atoms with Crippen molar-refractivity contribution >= 4 is 29.5 Å². The van der Waals surface area contributed by atoms with Gasteiger partial charge in [-0.2, -0.15) is 0 Å². The molecule has 3 N–H and O–H groups in total. The molecule has 2 aromatic rings. The first-order valence-corrected chi connectivity index (χ1v) is 9.08.